The molecular weight excluding hydrogens is 793 g/mol. The molecule has 0 aliphatic rings. The van der Waals surface area contributed by atoms with Crippen molar-refractivity contribution in [3.05, 3.63) is 60.8 Å². The molecule has 1 unspecified atom stereocenters. The summed E-state index contributed by atoms with van der Waals surface area (Å²) < 4.78 is 16.8. The van der Waals surface area contributed by atoms with Crippen LogP contribution in [-0.2, 0) is 28.6 Å². The molecule has 0 spiro atoms. The average Bonchev–Trinajstić information content (AvgIpc) is 3.29. The second kappa shape index (κ2) is 52.7. The molecule has 0 bridgehead atoms. The van der Waals surface area contributed by atoms with E-state index in [1.807, 2.05) is 0 Å². The van der Waals surface area contributed by atoms with Crippen LogP contribution in [0.1, 0.15) is 271 Å². The zero-order valence-corrected chi connectivity index (χ0v) is 42.3. The van der Waals surface area contributed by atoms with Crippen molar-refractivity contribution in [3.63, 3.8) is 0 Å². The lowest BCUT2D eigenvalue weighted by atomic mass is 10.1. The fraction of sp³-hybridized carbons (Fsp3) is 0.776. The highest BCUT2D eigenvalue weighted by Gasteiger charge is 2.19. The Hall–Kier alpha value is -2.89. The van der Waals surface area contributed by atoms with E-state index >= 15 is 0 Å². The van der Waals surface area contributed by atoms with Crippen molar-refractivity contribution in [3.8, 4) is 0 Å². The van der Waals surface area contributed by atoms with Crippen LogP contribution in [0.15, 0.2) is 60.8 Å². The van der Waals surface area contributed by atoms with Gasteiger partial charge in [-0.25, -0.2) is 0 Å². The minimum absolute atomic E-state index is 0.0843. The second-order valence-electron chi connectivity index (χ2n) is 18.1. The van der Waals surface area contributed by atoms with Crippen LogP contribution in [0.3, 0.4) is 0 Å². The van der Waals surface area contributed by atoms with Crippen LogP contribution in [-0.4, -0.2) is 37.2 Å². The molecule has 64 heavy (non-hydrogen) atoms. The van der Waals surface area contributed by atoms with Crippen LogP contribution in [0.4, 0.5) is 0 Å². The number of carbonyl (C=O) groups excluding carboxylic acids is 3. The number of ether oxygens (including phenoxy) is 3. The Kier molecular flexibility index (Phi) is 50.4. The number of rotatable bonds is 49. The Labute approximate surface area is 396 Å². The first kappa shape index (κ1) is 61.1. The van der Waals surface area contributed by atoms with E-state index in [0.717, 1.165) is 96.3 Å². The number of unbranched alkanes of at least 4 members (excludes halogenated alkanes) is 28. The number of esters is 3. The smallest absolute Gasteiger partial charge is 0.306 e. The second-order valence-corrected chi connectivity index (χ2v) is 18.1. The maximum Gasteiger partial charge on any atom is 0.306 e. The van der Waals surface area contributed by atoms with Crippen LogP contribution in [0.5, 0.6) is 0 Å². The third-order valence-corrected chi connectivity index (χ3v) is 11.7. The molecule has 0 aliphatic heterocycles. The van der Waals surface area contributed by atoms with Gasteiger partial charge >= 0.3 is 17.9 Å². The van der Waals surface area contributed by atoms with Crippen LogP contribution in [0.25, 0.3) is 0 Å². The summed E-state index contributed by atoms with van der Waals surface area (Å²) in [5, 5.41) is 0. The van der Waals surface area contributed by atoms with Gasteiger partial charge in [0.25, 0.3) is 0 Å². The van der Waals surface area contributed by atoms with Gasteiger partial charge in [-0.3, -0.25) is 14.4 Å². The first-order chi connectivity index (χ1) is 31.5. The van der Waals surface area contributed by atoms with Crippen LogP contribution < -0.4 is 0 Å². The van der Waals surface area contributed by atoms with E-state index in [-0.39, 0.29) is 31.1 Å². The molecule has 370 valence electrons. The molecule has 1 atom stereocenters. The predicted octanol–water partition coefficient (Wildman–Crippen LogP) is 18.0. The molecule has 0 saturated carbocycles. The van der Waals surface area contributed by atoms with Crippen molar-refractivity contribution < 1.29 is 28.6 Å². The summed E-state index contributed by atoms with van der Waals surface area (Å²) in [6.45, 7) is 6.55. The van der Waals surface area contributed by atoms with E-state index < -0.39 is 6.10 Å². The van der Waals surface area contributed by atoms with Crippen LogP contribution in [0.2, 0.25) is 0 Å². The van der Waals surface area contributed by atoms with Crippen molar-refractivity contribution in [2.75, 3.05) is 13.2 Å². The van der Waals surface area contributed by atoms with Gasteiger partial charge in [0.05, 0.1) is 0 Å². The van der Waals surface area contributed by atoms with Crippen molar-refractivity contribution in [1.29, 1.82) is 0 Å². The van der Waals surface area contributed by atoms with Gasteiger partial charge in [0, 0.05) is 19.3 Å². The normalized spacial score (nSPS) is 12.5. The fourth-order valence-corrected chi connectivity index (χ4v) is 7.54. The SMILES string of the molecule is CCCC/C=C\C/C=C\CCCCCCCC(=O)OC(COC(=O)CCCCCCC/C=C\CCCCCC)COC(=O)CCCCCCCCCCC/C=C\C/C=C\CCCCC. The molecule has 0 aromatic carbocycles. The molecule has 0 heterocycles. The highest BCUT2D eigenvalue weighted by atomic mass is 16.6. The highest BCUT2D eigenvalue weighted by Crippen LogP contribution is 2.15. The Morgan fingerprint density at radius 3 is 0.953 bits per heavy atom. The quantitative estimate of drug-likeness (QED) is 0.0262. The summed E-state index contributed by atoms with van der Waals surface area (Å²) in [6.07, 6.45) is 64.8. The van der Waals surface area contributed by atoms with E-state index in [9.17, 15) is 14.4 Å². The third kappa shape index (κ3) is 50.1. The predicted molar refractivity (Wildman–Crippen MR) is 275 cm³/mol. The topological polar surface area (TPSA) is 78.9 Å². The molecule has 6 nitrogen and oxygen atoms in total. The summed E-state index contributed by atoms with van der Waals surface area (Å²) in [5.74, 6) is -0.905. The van der Waals surface area contributed by atoms with Crippen molar-refractivity contribution >= 4 is 17.9 Å². The molecule has 0 radical (unpaired) electrons. The summed E-state index contributed by atoms with van der Waals surface area (Å²) in [5.41, 5.74) is 0. The van der Waals surface area contributed by atoms with Gasteiger partial charge in [0.1, 0.15) is 13.2 Å². The minimum atomic E-state index is -0.786. The van der Waals surface area contributed by atoms with E-state index in [4.69, 9.17) is 14.2 Å². The molecule has 0 aliphatic carbocycles. The highest BCUT2D eigenvalue weighted by molar-refractivity contribution is 5.71. The average molecular weight is 895 g/mol. The van der Waals surface area contributed by atoms with Crippen molar-refractivity contribution in [2.45, 2.75) is 277 Å². The fourth-order valence-electron chi connectivity index (χ4n) is 7.54. The lowest BCUT2D eigenvalue weighted by Gasteiger charge is -2.18. The Morgan fingerprint density at radius 2 is 0.578 bits per heavy atom. The largest absolute Gasteiger partial charge is 0.462 e. The first-order valence-corrected chi connectivity index (χ1v) is 27.3. The van der Waals surface area contributed by atoms with Crippen molar-refractivity contribution in [1.82, 2.24) is 0 Å². The summed E-state index contributed by atoms with van der Waals surface area (Å²) in [6, 6.07) is 0. The number of hydrogen-bond acceptors (Lipinski definition) is 6. The molecule has 0 aromatic heterocycles. The molecular formula is C58H102O6. The monoisotopic (exact) mass is 895 g/mol. The van der Waals surface area contributed by atoms with Gasteiger partial charge in [0.2, 0.25) is 0 Å². The van der Waals surface area contributed by atoms with Gasteiger partial charge in [-0.15, -0.1) is 0 Å². The van der Waals surface area contributed by atoms with Gasteiger partial charge < -0.3 is 14.2 Å². The Morgan fingerprint density at radius 1 is 0.312 bits per heavy atom. The molecule has 0 N–H and O–H groups in total. The van der Waals surface area contributed by atoms with E-state index in [2.05, 4.69) is 81.5 Å². The third-order valence-electron chi connectivity index (χ3n) is 11.7. The molecule has 0 amide bonds. The van der Waals surface area contributed by atoms with Gasteiger partial charge in [0.15, 0.2) is 6.10 Å². The lowest BCUT2D eigenvalue weighted by molar-refractivity contribution is -0.167. The Bertz CT molecular complexity index is 1170. The van der Waals surface area contributed by atoms with E-state index in [0.29, 0.717) is 19.3 Å². The summed E-state index contributed by atoms with van der Waals surface area (Å²) >= 11 is 0. The standard InChI is InChI=1S/C58H102O6/c1-4-7-10-13-16-19-22-25-27-28-29-30-31-34-36-39-42-45-48-51-57(60)63-54-55(53-62-56(59)50-47-44-41-38-35-32-24-21-18-15-12-9-6-3)64-58(61)52-49-46-43-40-37-33-26-23-20-17-14-11-8-5-2/h14,16-17,19,21,23-27,55H,4-13,15,18,20,22,28-54H2,1-3H3/b17-14-,19-16-,24-21-,26-23-,27-25-. The molecule has 0 aromatic rings. The van der Waals surface area contributed by atoms with Crippen LogP contribution in [0, 0.1) is 0 Å². The lowest BCUT2D eigenvalue weighted by Crippen LogP contribution is -2.30. The maximum atomic E-state index is 12.8. The zero-order valence-electron chi connectivity index (χ0n) is 42.3. The van der Waals surface area contributed by atoms with E-state index in [1.54, 1.807) is 0 Å². The first-order valence-electron chi connectivity index (χ1n) is 27.3. The molecule has 0 rings (SSSR count). The number of hydrogen-bond donors (Lipinski definition) is 0. The zero-order chi connectivity index (χ0) is 46.5. The minimum Gasteiger partial charge on any atom is -0.462 e. The van der Waals surface area contributed by atoms with Gasteiger partial charge in [-0.2, -0.15) is 0 Å². The number of allylic oxidation sites excluding steroid dienone is 10. The van der Waals surface area contributed by atoms with Crippen LogP contribution >= 0.6 is 0 Å². The van der Waals surface area contributed by atoms with Gasteiger partial charge in [-0.05, 0) is 103 Å². The molecule has 0 fully saturated rings. The summed E-state index contributed by atoms with van der Waals surface area (Å²) in [7, 11) is 0. The Balaban J connectivity index is 4.37. The summed E-state index contributed by atoms with van der Waals surface area (Å²) in [4.78, 5) is 38.0. The number of carbonyl (C=O) groups is 3. The van der Waals surface area contributed by atoms with E-state index in [1.165, 1.54) is 135 Å². The molecule has 6 heteroatoms. The maximum absolute atomic E-state index is 12.8. The van der Waals surface area contributed by atoms with Gasteiger partial charge in [-0.1, -0.05) is 210 Å². The van der Waals surface area contributed by atoms with Crippen molar-refractivity contribution in [2.24, 2.45) is 0 Å². The molecule has 0 saturated heterocycles.